The van der Waals surface area contributed by atoms with Crippen LogP contribution < -0.4 is 4.74 Å². The Bertz CT molecular complexity index is 1080. The molecule has 0 N–H and O–H groups in total. The van der Waals surface area contributed by atoms with Gasteiger partial charge in [-0.25, -0.2) is 9.59 Å². The molecule has 1 heterocycles. The van der Waals surface area contributed by atoms with Crippen molar-refractivity contribution in [2.45, 2.75) is 45.8 Å². The normalized spacial score (nSPS) is 18.5. The van der Waals surface area contributed by atoms with Gasteiger partial charge in [-0.1, -0.05) is 62.4 Å². The standard InChI is InChI=1S/C30H37NO7/c1-5-7-17-37-24-15-13-23(14-16-24)21(3)26-19-31(30(34)38-20-22-11-9-8-10-12-22)28(29(33)36-6-2)25(26)18-27(32)35-4/h8-16,25-26,28H,3,5-7,17-20H2,1-2,4H3/t25-,26+,28-/m0/s1. The van der Waals surface area contributed by atoms with Crippen LogP contribution in [0.2, 0.25) is 0 Å². The number of unbranched alkanes of at least 4 members (excludes halogenated alkanes) is 1. The lowest BCUT2D eigenvalue weighted by molar-refractivity contribution is -0.150. The van der Waals surface area contributed by atoms with Crippen molar-refractivity contribution in [3.05, 3.63) is 72.3 Å². The first-order chi connectivity index (χ1) is 18.4. The Balaban J connectivity index is 1.86. The van der Waals surface area contributed by atoms with Gasteiger partial charge in [-0.2, -0.15) is 0 Å². The Labute approximate surface area is 224 Å². The van der Waals surface area contributed by atoms with Crippen LogP contribution in [-0.4, -0.2) is 55.8 Å². The van der Waals surface area contributed by atoms with E-state index >= 15 is 0 Å². The third kappa shape index (κ3) is 7.37. The lowest BCUT2D eigenvalue weighted by Gasteiger charge is -2.26. The second-order valence-electron chi connectivity index (χ2n) is 9.19. The van der Waals surface area contributed by atoms with Crippen molar-refractivity contribution in [2.24, 2.45) is 11.8 Å². The molecule has 204 valence electrons. The zero-order valence-corrected chi connectivity index (χ0v) is 22.4. The minimum atomic E-state index is -1.02. The van der Waals surface area contributed by atoms with E-state index in [1.54, 1.807) is 6.92 Å². The molecule has 1 aliphatic heterocycles. The van der Waals surface area contributed by atoms with E-state index in [0.717, 1.165) is 29.7 Å². The maximum Gasteiger partial charge on any atom is 0.410 e. The van der Waals surface area contributed by atoms with E-state index in [-0.39, 0.29) is 26.2 Å². The van der Waals surface area contributed by atoms with Gasteiger partial charge in [-0.15, -0.1) is 0 Å². The van der Waals surface area contributed by atoms with Gasteiger partial charge in [-0.3, -0.25) is 9.69 Å². The van der Waals surface area contributed by atoms with Gasteiger partial charge in [0.15, 0.2) is 0 Å². The van der Waals surface area contributed by atoms with Gasteiger partial charge < -0.3 is 18.9 Å². The minimum Gasteiger partial charge on any atom is -0.494 e. The molecule has 0 saturated carbocycles. The van der Waals surface area contributed by atoms with Crippen molar-refractivity contribution in [3.8, 4) is 5.75 Å². The summed E-state index contributed by atoms with van der Waals surface area (Å²) in [5.74, 6) is -1.32. The minimum absolute atomic E-state index is 0.0541. The third-order valence-electron chi connectivity index (χ3n) is 6.69. The number of likely N-dealkylation sites (tertiary alicyclic amines) is 1. The number of carbonyl (C=O) groups excluding carboxylic acids is 3. The largest absolute Gasteiger partial charge is 0.494 e. The van der Waals surface area contributed by atoms with Crippen LogP contribution in [0.1, 0.15) is 44.2 Å². The SMILES string of the molecule is C=C(c1ccc(OCCCC)cc1)[C@H]1CN(C(=O)OCc2ccccc2)[C@H](C(=O)OCC)[C@H]1CC(=O)OC. The van der Waals surface area contributed by atoms with E-state index in [1.807, 2.05) is 54.6 Å². The average molecular weight is 524 g/mol. The van der Waals surface area contributed by atoms with Gasteiger partial charge in [0.1, 0.15) is 18.4 Å². The van der Waals surface area contributed by atoms with Gasteiger partial charge in [0, 0.05) is 18.4 Å². The molecule has 0 spiro atoms. The summed E-state index contributed by atoms with van der Waals surface area (Å²) in [6, 6.07) is 15.8. The summed E-state index contributed by atoms with van der Waals surface area (Å²) in [6.07, 6.45) is 1.28. The molecule has 38 heavy (non-hydrogen) atoms. The fourth-order valence-corrected chi connectivity index (χ4v) is 4.64. The highest BCUT2D eigenvalue weighted by Crippen LogP contribution is 2.41. The number of methoxy groups -OCH3 is 1. The Morgan fingerprint density at radius 2 is 1.71 bits per heavy atom. The molecular weight excluding hydrogens is 486 g/mol. The van der Waals surface area contributed by atoms with Gasteiger partial charge in [-0.05, 0) is 42.2 Å². The predicted molar refractivity (Wildman–Crippen MR) is 143 cm³/mol. The molecule has 0 aromatic heterocycles. The van der Waals surface area contributed by atoms with Crippen LogP contribution in [0.15, 0.2) is 61.2 Å². The van der Waals surface area contributed by atoms with Crippen LogP contribution in [0.3, 0.4) is 0 Å². The molecular formula is C30H37NO7. The highest BCUT2D eigenvalue weighted by Gasteiger charge is 2.51. The summed E-state index contributed by atoms with van der Waals surface area (Å²) < 4.78 is 21.6. The van der Waals surface area contributed by atoms with Gasteiger partial charge in [0.05, 0.1) is 26.7 Å². The van der Waals surface area contributed by atoms with Crippen molar-refractivity contribution < 1.29 is 33.3 Å². The van der Waals surface area contributed by atoms with E-state index in [9.17, 15) is 14.4 Å². The first-order valence-corrected chi connectivity index (χ1v) is 13.0. The molecule has 8 nitrogen and oxygen atoms in total. The highest BCUT2D eigenvalue weighted by molar-refractivity contribution is 5.85. The molecule has 0 radical (unpaired) electrons. The molecule has 8 heteroatoms. The number of amides is 1. The molecule has 3 rings (SSSR count). The zero-order valence-electron chi connectivity index (χ0n) is 22.4. The molecule has 1 saturated heterocycles. The molecule has 1 fully saturated rings. The second-order valence-corrected chi connectivity index (χ2v) is 9.19. The molecule has 1 aliphatic rings. The summed E-state index contributed by atoms with van der Waals surface area (Å²) in [5.41, 5.74) is 2.35. The quantitative estimate of drug-likeness (QED) is 0.213. The number of benzene rings is 2. The van der Waals surface area contributed by atoms with Crippen molar-refractivity contribution in [2.75, 3.05) is 26.9 Å². The van der Waals surface area contributed by atoms with Crippen molar-refractivity contribution >= 4 is 23.6 Å². The maximum absolute atomic E-state index is 13.2. The van der Waals surface area contributed by atoms with Gasteiger partial charge in [0.2, 0.25) is 0 Å². The monoisotopic (exact) mass is 523 g/mol. The molecule has 2 aromatic rings. The maximum atomic E-state index is 13.2. The average Bonchev–Trinajstić information content (AvgIpc) is 3.31. The number of hydrogen-bond donors (Lipinski definition) is 0. The Morgan fingerprint density at radius 1 is 1.00 bits per heavy atom. The fourth-order valence-electron chi connectivity index (χ4n) is 4.64. The van der Waals surface area contributed by atoms with E-state index in [0.29, 0.717) is 12.2 Å². The number of nitrogens with zero attached hydrogens (tertiary/aromatic N) is 1. The highest BCUT2D eigenvalue weighted by atomic mass is 16.6. The van der Waals surface area contributed by atoms with E-state index < -0.39 is 35.9 Å². The smallest absolute Gasteiger partial charge is 0.410 e. The molecule has 0 aliphatic carbocycles. The topological polar surface area (TPSA) is 91.4 Å². The summed E-state index contributed by atoms with van der Waals surface area (Å²) in [6.45, 7) is 9.08. The number of rotatable bonds is 12. The lowest BCUT2D eigenvalue weighted by atomic mass is 9.81. The molecule has 0 bridgehead atoms. The number of carbonyl (C=O) groups is 3. The van der Waals surface area contributed by atoms with Crippen LogP contribution in [0.4, 0.5) is 4.79 Å². The number of hydrogen-bond acceptors (Lipinski definition) is 7. The van der Waals surface area contributed by atoms with Crippen molar-refractivity contribution in [3.63, 3.8) is 0 Å². The second kappa shape index (κ2) is 14.2. The first kappa shape index (κ1) is 28.8. The zero-order chi connectivity index (χ0) is 27.5. The van der Waals surface area contributed by atoms with Crippen molar-refractivity contribution in [1.29, 1.82) is 0 Å². The summed E-state index contributed by atoms with van der Waals surface area (Å²) in [4.78, 5) is 40.1. The van der Waals surface area contributed by atoms with E-state index in [2.05, 4.69) is 13.5 Å². The Hall–Kier alpha value is -3.81. The molecule has 1 amide bonds. The molecule has 0 unspecified atom stereocenters. The van der Waals surface area contributed by atoms with Gasteiger partial charge in [0.25, 0.3) is 0 Å². The first-order valence-electron chi connectivity index (χ1n) is 13.0. The van der Waals surface area contributed by atoms with Crippen LogP contribution in [0, 0.1) is 11.8 Å². The van der Waals surface area contributed by atoms with Crippen LogP contribution in [0.5, 0.6) is 5.75 Å². The summed E-state index contributed by atoms with van der Waals surface area (Å²) in [7, 11) is 1.30. The third-order valence-corrected chi connectivity index (χ3v) is 6.69. The van der Waals surface area contributed by atoms with E-state index in [1.165, 1.54) is 12.0 Å². The van der Waals surface area contributed by atoms with Crippen LogP contribution in [-0.2, 0) is 30.4 Å². The fraction of sp³-hybridized carbons (Fsp3) is 0.433. The Morgan fingerprint density at radius 3 is 2.34 bits per heavy atom. The number of ether oxygens (including phenoxy) is 4. The predicted octanol–water partition coefficient (Wildman–Crippen LogP) is 5.26. The van der Waals surface area contributed by atoms with Crippen molar-refractivity contribution in [1.82, 2.24) is 4.90 Å². The van der Waals surface area contributed by atoms with Gasteiger partial charge >= 0.3 is 18.0 Å². The molecule has 3 atom stereocenters. The molecule has 2 aromatic carbocycles. The number of esters is 2. The summed E-state index contributed by atoms with van der Waals surface area (Å²) in [5, 5.41) is 0. The summed E-state index contributed by atoms with van der Waals surface area (Å²) >= 11 is 0. The van der Waals surface area contributed by atoms with Crippen LogP contribution >= 0.6 is 0 Å². The Kier molecular flexibility index (Phi) is 10.8. The van der Waals surface area contributed by atoms with Crippen LogP contribution in [0.25, 0.3) is 5.57 Å². The lowest BCUT2D eigenvalue weighted by Crippen LogP contribution is -2.45. The van der Waals surface area contributed by atoms with E-state index in [4.69, 9.17) is 18.9 Å².